The normalized spacial score (nSPS) is 9.96. The van der Waals surface area contributed by atoms with Crippen molar-refractivity contribution in [1.82, 2.24) is 5.32 Å². The Bertz CT molecular complexity index is 710. The van der Waals surface area contributed by atoms with Crippen molar-refractivity contribution in [2.75, 3.05) is 26.1 Å². The van der Waals surface area contributed by atoms with Crippen molar-refractivity contribution < 1.29 is 19.1 Å². The molecule has 2 aromatic rings. The second-order valence-corrected chi connectivity index (χ2v) is 5.28. The van der Waals surface area contributed by atoms with Crippen LogP contribution in [0, 0.1) is 0 Å². The summed E-state index contributed by atoms with van der Waals surface area (Å²) >= 11 is 5.78. The molecule has 7 heteroatoms. The summed E-state index contributed by atoms with van der Waals surface area (Å²) in [7, 11) is 2.99. The molecule has 0 fully saturated rings. The van der Waals surface area contributed by atoms with Crippen LogP contribution >= 0.6 is 11.6 Å². The first-order chi connectivity index (χ1) is 11.5. The molecule has 126 valence electrons. The molecule has 2 rings (SSSR count). The topological polar surface area (TPSA) is 76.7 Å². The Labute approximate surface area is 144 Å². The largest absolute Gasteiger partial charge is 0.497 e. The van der Waals surface area contributed by atoms with Crippen molar-refractivity contribution in [3.63, 3.8) is 0 Å². The molecule has 0 spiro atoms. The van der Waals surface area contributed by atoms with Gasteiger partial charge in [0.1, 0.15) is 11.5 Å². The van der Waals surface area contributed by atoms with E-state index in [4.69, 9.17) is 21.1 Å². The summed E-state index contributed by atoms with van der Waals surface area (Å²) in [6.45, 7) is -0.166. The molecule has 2 aromatic carbocycles. The molecule has 0 atom stereocenters. The van der Waals surface area contributed by atoms with Crippen LogP contribution in [0.15, 0.2) is 42.5 Å². The number of hydrogen-bond donors (Lipinski definition) is 2. The first-order valence-corrected chi connectivity index (χ1v) is 7.46. The van der Waals surface area contributed by atoms with E-state index in [9.17, 15) is 9.59 Å². The van der Waals surface area contributed by atoms with Crippen LogP contribution in [-0.4, -0.2) is 32.6 Å². The maximum Gasteiger partial charge on any atom is 0.251 e. The van der Waals surface area contributed by atoms with E-state index in [1.54, 1.807) is 42.5 Å². The second kappa shape index (κ2) is 8.21. The standard InChI is InChI=1S/C17H17ClN2O4/c1-23-14-7-11(8-15(9-14)24-2)17(22)19-10-16(21)20-13-5-3-12(18)4-6-13/h3-9H,10H2,1-2H3,(H,19,22)(H,20,21). The Kier molecular flexibility index (Phi) is 6.03. The number of ether oxygens (including phenoxy) is 2. The highest BCUT2D eigenvalue weighted by atomic mass is 35.5. The molecular formula is C17H17ClN2O4. The van der Waals surface area contributed by atoms with Crippen LogP contribution in [0.25, 0.3) is 0 Å². The summed E-state index contributed by atoms with van der Waals surface area (Å²) in [5, 5.41) is 5.78. The van der Waals surface area contributed by atoms with E-state index >= 15 is 0 Å². The minimum Gasteiger partial charge on any atom is -0.497 e. The molecule has 0 unspecified atom stereocenters. The number of methoxy groups -OCH3 is 2. The van der Waals surface area contributed by atoms with Crippen molar-refractivity contribution in [3.8, 4) is 11.5 Å². The smallest absolute Gasteiger partial charge is 0.251 e. The molecule has 0 saturated carbocycles. The summed E-state index contributed by atoms with van der Waals surface area (Å²) in [4.78, 5) is 24.0. The Morgan fingerprint density at radius 3 is 2.12 bits per heavy atom. The van der Waals surface area contributed by atoms with Gasteiger partial charge in [-0.1, -0.05) is 11.6 Å². The third kappa shape index (κ3) is 4.89. The fourth-order valence-corrected chi connectivity index (χ4v) is 2.07. The lowest BCUT2D eigenvalue weighted by molar-refractivity contribution is -0.115. The quantitative estimate of drug-likeness (QED) is 0.841. The third-order valence-electron chi connectivity index (χ3n) is 3.15. The lowest BCUT2D eigenvalue weighted by Gasteiger charge is -2.09. The van der Waals surface area contributed by atoms with E-state index in [0.717, 1.165) is 0 Å². The molecule has 0 aliphatic carbocycles. The van der Waals surface area contributed by atoms with Crippen molar-refractivity contribution in [3.05, 3.63) is 53.1 Å². The van der Waals surface area contributed by atoms with E-state index in [0.29, 0.717) is 27.8 Å². The summed E-state index contributed by atoms with van der Waals surface area (Å²) in [5.41, 5.74) is 0.937. The van der Waals surface area contributed by atoms with Gasteiger partial charge in [-0.05, 0) is 36.4 Å². The van der Waals surface area contributed by atoms with Gasteiger partial charge in [0, 0.05) is 22.3 Å². The van der Waals surface area contributed by atoms with Crippen LogP contribution in [-0.2, 0) is 4.79 Å². The summed E-state index contributed by atoms with van der Waals surface area (Å²) in [6.07, 6.45) is 0. The van der Waals surface area contributed by atoms with Gasteiger partial charge in [-0.15, -0.1) is 0 Å². The number of carbonyl (C=O) groups is 2. The fraction of sp³-hybridized carbons (Fsp3) is 0.176. The molecule has 2 amide bonds. The zero-order valence-electron chi connectivity index (χ0n) is 13.3. The first-order valence-electron chi connectivity index (χ1n) is 7.08. The Hall–Kier alpha value is -2.73. The summed E-state index contributed by atoms with van der Waals surface area (Å²) < 4.78 is 10.2. The summed E-state index contributed by atoms with van der Waals surface area (Å²) in [5.74, 6) is 0.231. The van der Waals surface area contributed by atoms with E-state index in [2.05, 4.69) is 10.6 Å². The van der Waals surface area contributed by atoms with Gasteiger partial charge in [-0.2, -0.15) is 0 Å². The number of rotatable bonds is 6. The van der Waals surface area contributed by atoms with Crippen molar-refractivity contribution >= 4 is 29.1 Å². The number of anilines is 1. The molecular weight excluding hydrogens is 332 g/mol. The molecule has 0 radical (unpaired) electrons. The summed E-state index contributed by atoms with van der Waals surface area (Å²) in [6, 6.07) is 11.5. The zero-order chi connectivity index (χ0) is 17.5. The number of amides is 2. The minimum absolute atomic E-state index is 0.166. The number of nitrogens with one attached hydrogen (secondary N) is 2. The lowest BCUT2D eigenvalue weighted by Crippen LogP contribution is -2.32. The molecule has 0 saturated heterocycles. The van der Waals surface area contributed by atoms with Gasteiger partial charge in [-0.3, -0.25) is 9.59 Å². The predicted molar refractivity (Wildman–Crippen MR) is 92.0 cm³/mol. The van der Waals surface area contributed by atoms with E-state index < -0.39 is 5.91 Å². The van der Waals surface area contributed by atoms with Crippen molar-refractivity contribution in [1.29, 1.82) is 0 Å². The number of benzene rings is 2. The third-order valence-corrected chi connectivity index (χ3v) is 3.40. The van der Waals surface area contributed by atoms with Gasteiger partial charge < -0.3 is 20.1 Å². The Morgan fingerprint density at radius 1 is 1.00 bits per heavy atom. The average Bonchev–Trinajstić information content (AvgIpc) is 2.61. The van der Waals surface area contributed by atoms with Gasteiger partial charge in [0.25, 0.3) is 5.91 Å². The number of halogens is 1. The Balaban J connectivity index is 1.94. The van der Waals surface area contributed by atoms with Gasteiger partial charge in [-0.25, -0.2) is 0 Å². The number of hydrogen-bond acceptors (Lipinski definition) is 4. The minimum atomic E-state index is -0.404. The van der Waals surface area contributed by atoms with Crippen LogP contribution in [0.2, 0.25) is 5.02 Å². The molecule has 0 heterocycles. The van der Waals surface area contributed by atoms with Gasteiger partial charge in [0.2, 0.25) is 5.91 Å². The van der Waals surface area contributed by atoms with Crippen LogP contribution in [0.5, 0.6) is 11.5 Å². The van der Waals surface area contributed by atoms with E-state index in [1.165, 1.54) is 14.2 Å². The van der Waals surface area contributed by atoms with Crippen LogP contribution in [0.3, 0.4) is 0 Å². The van der Waals surface area contributed by atoms with Crippen LogP contribution in [0.4, 0.5) is 5.69 Å². The average molecular weight is 349 g/mol. The van der Waals surface area contributed by atoms with Crippen molar-refractivity contribution in [2.45, 2.75) is 0 Å². The van der Waals surface area contributed by atoms with E-state index in [1.807, 2.05) is 0 Å². The SMILES string of the molecule is COc1cc(OC)cc(C(=O)NCC(=O)Nc2ccc(Cl)cc2)c1. The molecule has 2 N–H and O–H groups in total. The monoisotopic (exact) mass is 348 g/mol. The highest BCUT2D eigenvalue weighted by Gasteiger charge is 2.11. The second-order valence-electron chi connectivity index (χ2n) is 4.84. The maximum absolute atomic E-state index is 12.2. The van der Waals surface area contributed by atoms with Gasteiger partial charge in [0.15, 0.2) is 0 Å². The predicted octanol–water partition coefficient (Wildman–Crippen LogP) is 2.73. The molecule has 6 nitrogen and oxygen atoms in total. The van der Waals surface area contributed by atoms with Crippen LogP contribution < -0.4 is 20.1 Å². The number of carbonyl (C=O) groups excluding carboxylic acids is 2. The molecule has 0 bridgehead atoms. The van der Waals surface area contributed by atoms with Crippen LogP contribution in [0.1, 0.15) is 10.4 Å². The maximum atomic E-state index is 12.2. The molecule has 0 aromatic heterocycles. The van der Waals surface area contributed by atoms with E-state index in [-0.39, 0.29) is 12.5 Å². The highest BCUT2D eigenvalue weighted by Crippen LogP contribution is 2.22. The zero-order valence-corrected chi connectivity index (χ0v) is 14.0. The fourth-order valence-electron chi connectivity index (χ4n) is 1.94. The van der Waals surface area contributed by atoms with Gasteiger partial charge in [0.05, 0.1) is 20.8 Å². The molecule has 24 heavy (non-hydrogen) atoms. The molecule has 0 aliphatic heterocycles. The highest BCUT2D eigenvalue weighted by molar-refractivity contribution is 6.30. The van der Waals surface area contributed by atoms with Gasteiger partial charge >= 0.3 is 0 Å². The first kappa shape index (κ1) is 17.6. The van der Waals surface area contributed by atoms with Crippen molar-refractivity contribution in [2.24, 2.45) is 0 Å². The molecule has 0 aliphatic rings. The lowest BCUT2D eigenvalue weighted by atomic mass is 10.2. The Morgan fingerprint density at radius 2 is 1.58 bits per heavy atom.